The van der Waals surface area contributed by atoms with Crippen molar-refractivity contribution in [3.05, 3.63) is 33.7 Å². The summed E-state index contributed by atoms with van der Waals surface area (Å²) in [7, 11) is 0. The van der Waals surface area contributed by atoms with Crippen LogP contribution in [0.3, 0.4) is 0 Å². The molecule has 0 nitrogen and oxygen atoms in total. The zero-order valence-corrected chi connectivity index (χ0v) is 6.33. The third-order valence-corrected chi connectivity index (χ3v) is 1.47. The second kappa shape index (κ2) is 2.51. The van der Waals surface area contributed by atoms with Gasteiger partial charge in [-0.15, -0.1) is 0 Å². The average molecular weight is 192 g/mol. The second-order valence-electron chi connectivity index (χ2n) is 1.35. The molecule has 0 aliphatic carbocycles. The van der Waals surface area contributed by atoms with Gasteiger partial charge in [0.2, 0.25) is 0 Å². The topological polar surface area (TPSA) is 0 Å². The minimum absolute atomic E-state index is 0.353. The zero-order chi connectivity index (χ0) is 6.85. The van der Waals surface area contributed by atoms with E-state index in [-0.39, 0.29) is 0 Å². The van der Waals surface area contributed by atoms with E-state index >= 15 is 0 Å². The van der Waals surface area contributed by atoms with E-state index in [0.29, 0.717) is 11.1 Å². The SMILES string of the molecule is [2H]c1cc(Br)ccc1Cl. The van der Waals surface area contributed by atoms with Crippen LogP contribution in [0.2, 0.25) is 5.02 Å². The summed E-state index contributed by atoms with van der Waals surface area (Å²) in [5.41, 5.74) is 0. The van der Waals surface area contributed by atoms with E-state index in [4.69, 9.17) is 13.0 Å². The van der Waals surface area contributed by atoms with Crippen LogP contribution in [0.15, 0.2) is 28.7 Å². The van der Waals surface area contributed by atoms with Crippen LogP contribution in [0.25, 0.3) is 0 Å². The van der Waals surface area contributed by atoms with Crippen molar-refractivity contribution in [2.24, 2.45) is 0 Å². The van der Waals surface area contributed by atoms with Crippen molar-refractivity contribution in [3.63, 3.8) is 0 Å². The second-order valence-corrected chi connectivity index (χ2v) is 2.68. The summed E-state index contributed by atoms with van der Waals surface area (Å²) in [4.78, 5) is 0. The molecule has 0 amide bonds. The summed E-state index contributed by atoms with van der Waals surface area (Å²) in [6.07, 6.45) is 0. The van der Waals surface area contributed by atoms with Crippen LogP contribution in [0.1, 0.15) is 1.37 Å². The van der Waals surface area contributed by atoms with Gasteiger partial charge in [-0.05, 0) is 24.2 Å². The maximum absolute atomic E-state index is 7.20. The Morgan fingerprint density at radius 1 is 1.50 bits per heavy atom. The van der Waals surface area contributed by atoms with Crippen molar-refractivity contribution < 1.29 is 1.37 Å². The zero-order valence-electron chi connectivity index (χ0n) is 4.99. The molecule has 0 heterocycles. The fraction of sp³-hybridized carbons (Fsp3) is 0. The Morgan fingerprint density at radius 2 is 2.25 bits per heavy atom. The number of hydrogen-bond acceptors (Lipinski definition) is 0. The lowest BCUT2D eigenvalue weighted by molar-refractivity contribution is 1.65. The Balaban J connectivity index is 3.17. The molecule has 0 N–H and O–H groups in total. The molecule has 0 bridgehead atoms. The van der Waals surface area contributed by atoms with E-state index in [9.17, 15) is 0 Å². The lowest BCUT2D eigenvalue weighted by Gasteiger charge is -1.86. The molecule has 0 aliphatic rings. The first-order valence-corrected chi connectivity index (χ1v) is 3.29. The molecule has 0 saturated heterocycles. The predicted molar refractivity (Wildman–Crippen MR) is 39.2 cm³/mol. The molecule has 1 rings (SSSR count). The molecule has 0 atom stereocenters. The van der Waals surface area contributed by atoms with Crippen LogP contribution in [0, 0.1) is 0 Å². The molecule has 42 valence electrons. The molecule has 1 aromatic rings. The number of benzene rings is 1. The van der Waals surface area contributed by atoms with Crippen molar-refractivity contribution in [3.8, 4) is 0 Å². The van der Waals surface area contributed by atoms with Gasteiger partial charge in [0.05, 0.1) is 1.37 Å². The fourth-order valence-electron chi connectivity index (χ4n) is 0.387. The van der Waals surface area contributed by atoms with E-state index in [0.717, 1.165) is 4.47 Å². The van der Waals surface area contributed by atoms with Crippen LogP contribution in [0.4, 0.5) is 0 Å². The van der Waals surface area contributed by atoms with Crippen LogP contribution in [-0.2, 0) is 0 Å². The van der Waals surface area contributed by atoms with Gasteiger partial charge in [-0.2, -0.15) is 0 Å². The molecule has 8 heavy (non-hydrogen) atoms. The Labute approximate surface area is 63.0 Å². The van der Waals surface area contributed by atoms with Gasteiger partial charge in [-0.3, -0.25) is 0 Å². The summed E-state index contributed by atoms with van der Waals surface area (Å²) in [5, 5.41) is 0.484. The van der Waals surface area contributed by atoms with Crippen LogP contribution < -0.4 is 0 Å². The van der Waals surface area contributed by atoms with Gasteiger partial charge in [0.1, 0.15) is 0 Å². The van der Waals surface area contributed by atoms with Gasteiger partial charge in [-0.25, -0.2) is 0 Å². The number of hydrogen-bond donors (Lipinski definition) is 0. The summed E-state index contributed by atoms with van der Waals surface area (Å²) < 4.78 is 8.08. The molecule has 0 aromatic heterocycles. The fourth-order valence-corrected chi connectivity index (χ4v) is 0.751. The highest BCUT2D eigenvalue weighted by Gasteiger charge is 1.83. The third-order valence-electron chi connectivity index (χ3n) is 0.737. The van der Waals surface area contributed by atoms with E-state index in [1.54, 1.807) is 18.2 Å². The first-order valence-electron chi connectivity index (χ1n) is 2.62. The maximum atomic E-state index is 7.20. The predicted octanol–water partition coefficient (Wildman–Crippen LogP) is 3.10. The van der Waals surface area contributed by atoms with E-state index < -0.39 is 0 Å². The highest BCUT2D eigenvalue weighted by molar-refractivity contribution is 9.10. The molecular weight excluding hydrogens is 187 g/mol. The molecular formula is C6H4BrCl. The summed E-state index contributed by atoms with van der Waals surface area (Å²) in [6, 6.07) is 5.50. The van der Waals surface area contributed by atoms with Gasteiger partial charge < -0.3 is 0 Å². The van der Waals surface area contributed by atoms with E-state index in [2.05, 4.69) is 15.9 Å². The highest BCUT2D eigenvalue weighted by atomic mass is 79.9. The van der Waals surface area contributed by atoms with Crippen LogP contribution >= 0.6 is 27.5 Å². The van der Waals surface area contributed by atoms with E-state index in [1.807, 2.05) is 0 Å². The molecule has 2 heteroatoms. The molecule has 0 unspecified atom stereocenters. The minimum Gasteiger partial charge on any atom is -0.0843 e. The average Bonchev–Trinajstić information content (AvgIpc) is 1.80. The van der Waals surface area contributed by atoms with Crippen molar-refractivity contribution >= 4 is 27.5 Å². The lowest BCUT2D eigenvalue weighted by Crippen LogP contribution is -1.61. The van der Waals surface area contributed by atoms with Gasteiger partial charge in [0.15, 0.2) is 0 Å². The standard InChI is InChI=1S/C6H4BrCl/c7-5-1-3-6(8)4-2-5/h1-4H/i3D. The van der Waals surface area contributed by atoms with Gasteiger partial charge in [-0.1, -0.05) is 27.5 Å². The largest absolute Gasteiger partial charge is 0.0843 e. The monoisotopic (exact) mass is 191 g/mol. The Hall–Kier alpha value is -0.0100. The molecule has 0 saturated carbocycles. The van der Waals surface area contributed by atoms with Crippen LogP contribution in [0.5, 0.6) is 0 Å². The summed E-state index contributed by atoms with van der Waals surface area (Å²) >= 11 is 8.79. The van der Waals surface area contributed by atoms with Crippen molar-refractivity contribution in [2.45, 2.75) is 0 Å². The Morgan fingerprint density at radius 3 is 2.75 bits per heavy atom. The van der Waals surface area contributed by atoms with Crippen molar-refractivity contribution in [1.29, 1.82) is 0 Å². The molecule has 1 aromatic carbocycles. The Bertz CT molecular complexity index is 224. The quantitative estimate of drug-likeness (QED) is 0.592. The summed E-state index contributed by atoms with van der Waals surface area (Å²) in [5.74, 6) is 0. The maximum Gasteiger partial charge on any atom is 0.0639 e. The molecule has 0 fully saturated rings. The van der Waals surface area contributed by atoms with Gasteiger partial charge in [0, 0.05) is 9.50 Å². The first kappa shape index (κ1) is 4.83. The smallest absolute Gasteiger partial charge is 0.0639 e. The van der Waals surface area contributed by atoms with Gasteiger partial charge in [0.25, 0.3) is 0 Å². The number of rotatable bonds is 0. The molecule has 0 radical (unpaired) electrons. The Kier molecular flexibility index (Phi) is 1.52. The summed E-state index contributed by atoms with van der Waals surface area (Å²) in [6.45, 7) is 0. The number of halogens is 2. The normalized spacial score (nSPS) is 11.0. The molecule has 0 spiro atoms. The third kappa shape index (κ3) is 1.49. The van der Waals surface area contributed by atoms with Crippen molar-refractivity contribution in [2.75, 3.05) is 0 Å². The highest BCUT2D eigenvalue weighted by Crippen LogP contribution is 2.13. The van der Waals surface area contributed by atoms with E-state index in [1.165, 1.54) is 0 Å². The lowest BCUT2D eigenvalue weighted by atomic mass is 10.4. The minimum atomic E-state index is 0.353. The first-order chi connectivity index (χ1) is 4.20. The van der Waals surface area contributed by atoms with Crippen LogP contribution in [-0.4, -0.2) is 0 Å². The van der Waals surface area contributed by atoms with Gasteiger partial charge >= 0.3 is 0 Å². The molecule has 0 aliphatic heterocycles. The van der Waals surface area contributed by atoms with Crippen molar-refractivity contribution in [1.82, 2.24) is 0 Å².